The minimum atomic E-state index is -1.33. The van der Waals surface area contributed by atoms with E-state index in [-0.39, 0.29) is 0 Å². The molecule has 8 nitrogen and oxygen atoms in total. The van der Waals surface area contributed by atoms with Crippen molar-refractivity contribution in [2.75, 3.05) is 0 Å². The molecule has 126 valence electrons. The number of nitrogens with zero attached hydrogens (tertiary/aromatic N) is 1. The quantitative estimate of drug-likeness (QED) is 0.443. The Balaban J connectivity index is 1.96. The number of carboxylic acid groups (broad SMARTS) is 1. The van der Waals surface area contributed by atoms with Gasteiger partial charge in [-0.1, -0.05) is 18.2 Å². The summed E-state index contributed by atoms with van der Waals surface area (Å²) in [6.45, 7) is 1.61. The predicted molar refractivity (Wildman–Crippen MR) is 85.3 cm³/mol. The maximum absolute atomic E-state index is 11.8. The second-order valence-electron chi connectivity index (χ2n) is 4.71. The first-order valence-electron chi connectivity index (χ1n) is 6.77. The van der Waals surface area contributed by atoms with Crippen LogP contribution in [-0.2, 0) is 14.4 Å². The van der Waals surface area contributed by atoms with E-state index in [1.54, 1.807) is 12.4 Å². The van der Waals surface area contributed by atoms with Gasteiger partial charge in [0, 0.05) is 21.7 Å². The Kier molecular flexibility index (Phi) is 5.51. The molecule has 0 aliphatic rings. The van der Waals surface area contributed by atoms with E-state index in [4.69, 9.17) is 5.11 Å². The lowest BCUT2D eigenvalue weighted by Gasteiger charge is -2.21. The lowest BCUT2D eigenvalue weighted by Crippen LogP contribution is -2.39. The molecule has 1 atom stereocenters. The molecule has 2 aromatic rings. The Morgan fingerprint density at radius 3 is 2.67 bits per heavy atom. The number of rotatable bonds is 4. The summed E-state index contributed by atoms with van der Waals surface area (Å²) in [6.07, 6.45) is 1.19. The molecule has 1 heterocycles. The number of hydrogen-bond donors (Lipinski definition) is 3. The number of hydrogen-bond acceptors (Lipinski definition) is 6. The zero-order valence-electron chi connectivity index (χ0n) is 12.5. The molecule has 0 saturated carbocycles. The minimum Gasteiger partial charge on any atom is -0.478 e. The molecule has 3 N–H and O–H groups in total. The smallest absolute Gasteiger partial charge is 0.374 e. The van der Waals surface area contributed by atoms with E-state index in [0.29, 0.717) is 17.2 Å². The zero-order valence-corrected chi connectivity index (χ0v) is 13.3. The molecule has 2 rings (SSSR count). The minimum absolute atomic E-state index is 0.388. The van der Waals surface area contributed by atoms with E-state index in [1.807, 2.05) is 30.3 Å². The van der Waals surface area contributed by atoms with Crippen molar-refractivity contribution in [2.45, 2.75) is 13.0 Å². The lowest BCUT2D eigenvalue weighted by atomic mass is 10.2. The fourth-order valence-corrected chi connectivity index (χ4v) is 2.92. The van der Waals surface area contributed by atoms with Gasteiger partial charge in [-0.3, -0.25) is 5.21 Å². The van der Waals surface area contributed by atoms with Crippen LogP contribution in [0.5, 0.6) is 0 Å². The molecule has 0 aliphatic heterocycles. The second-order valence-corrected chi connectivity index (χ2v) is 5.82. The number of urea groups is 1. The molecule has 9 heteroatoms. The summed E-state index contributed by atoms with van der Waals surface area (Å²) in [5.74, 6) is -2.42. The standard InChI is InChI=1S/C15H14N2O6S/c1-9(12-8-10-4-2-3-5-11(10)24-12)17(22)15(21)16-23-14(20)7-6-13(18)19/h2-9,22H,1H3,(H,16,21)(H,18,19)/b7-6+. The van der Waals surface area contributed by atoms with Crippen LogP contribution in [0, 0.1) is 0 Å². The number of carbonyl (C=O) groups excluding carboxylic acids is 2. The molecule has 0 radical (unpaired) electrons. The van der Waals surface area contributed by atoms with Crippen molar-refractivity contribution >= 4 is 39.4 Å². The summed E-state index contributed by atoms with van der Waals surface area (Å²) < 4.78 is 1.01. The van der Waals surface area contributed by atoms with Crippen LogP contribution in [0.3, 0.4) is 0 Å². The second kappa shape index (κ2) is 7.57. The van der Waals surface area contributed by atoms with Crippen molar-refractivity contribution < 1.29 is 29.5 Å². The monoisotopic (exact) mass is 350 g/mol. The number of benzene rings is 1. The van der Waals surface area contributed by atoms with Crippen LogP contribution in [-0.4, -0.2) is 33.3 Å². The molecule has 1 unspecified atom stereocenters. The fraction of sp³-hybridized carbons (Fsp3) is 0.133. The fourth-order valence-electron chi connectivity index (χ4n) is 1.82. The predicted octanol–water partition coefficient (Wildman–Crippen LogP) is 2.46. The highest BCUT2D eigenvalue weighted by Gasteiger charge is 2.22. The van der Waals surface area contributed by atoms with Gasteiger partial charge < -0.3 is 9.94 Å². The van der Waals surface area contributed by atoms with Gasteiger partial charge in [-0.05, 0) is 24.4 Å². The van der Waals surface area contributed by atoms with Gasteiger partial charge in [0.25, 0.3) is 0 Å². The van der Waals surface area contributed by atoms with E-state index >= 15 is 0 Å². The Bertz CT molecular complexity index is 767. The summed E-state index contributed by atoms with van der Waals surface area (Å²) in [5.41, 5.74) is 1.74. The van der Waals surface area contributed by atoms with Crippen molar-refractivity contribution in [2.24, 2.45) is 0 Å². The number of thiophene rings is 1. The Morgan fingerprint density at radius 2 is 2.00 bits per heavy atom. The number of aliphatic carboxylic acids is 1. The molecular formula is C15H14N2O6S. The van der Waals surface area contributed by atoms with Crippen molar-refractivity contribution in [3.63, 3.8) is 0 Å². The first-order chi connectivity index (χ1) is 11.4. The Morgan fingerprint density at radius 1 is 1.29 bits per heavy atom. The largest absolute Gasteiger partial charge is 0.478 e. The first kappa shape index (κ1) is 17.4. The molecule has 0 saturated heterocycles. The molecule has 0 bridgehead atoms. The van der Waals surface area contributed by atoms with Crippen LogP contribution in [0.1, 0.15) is 17.8 Å². The number of amides is 2. The molecule has 0 fully saturated rings. The number of nitrogens with one attached hydrogen (secondary N) is 1. The lowest BCUT2D eigenvalue weighted by molar-refractivity contribution is -0.146. The van der Waals surface area contributed by atoms with Gasteiger partial charge in [0.15, 0.2) is 0 Å². The van der Waals surface area contributed by atoms with E-state index in [1.165, 1.54) is 11.3 Å². The highest BCUT2D eigenvalue weighted by atomic mass is 32.1. The molecular weight excluding hydrogens is 336 g/mol. The van der Waals surface area contributed by atoms with Crippen LogP contribution in [0.2, 0.25) is 0 Å². The summed E-state index contributed by atoms with van der Waals surface area (Å²) in [6, 6.07) is 7.74. The van der Waals surface area contributed by atoms with Crippen LogP contribution in [0.15, 0.2) is 42.5 Å². The topological polar surface area (TPSA) is 116 Å². The number of carbonyl (C=O) groups is 3. The number of hydroxylamine groups is 3. The summed E-state index contributed by atoms with van der Waals surface area (Å²) in [4.78, 5) is 38.2. The SMILES string of the molecule is CC(c1cc2ccccc2s1)N(O)C(=O)NOC(=O)/C=C/C(=O)O. The molecule has 1 aromatic heterocycles. The van der Waals surface area contributed by atoms with Crippen molar-refractivity contribution in [1.29, 1.82) is 0 Å². The van der Waals surface area contributed by atoms with Crippen LogP contribution in [0.25, 0.3) is 10.1 Å². The normalized spacial score (nSPS) is 12.1. The maximum atomic E-state index is 11.8. The van der Waals surface area contributed by atoms with Gasteiger partial charge in [0.1, 0.15) is 0 Å². The van der Waals surface area contributed by atoms with Crippen LogP contribution >= 0.6 is 11.3 Å². The third-order valence-electron chi connectivity index (χ3n) is 3.03. The molecule has 0 spiro atoms. The van der Waals surface area contributed by atoms with Crippen molar-refractivity contribution in [1.82, 2.24) is 10.5 Å². The molecule has 1 aromatic carbocycles. The van der Waals surface area contributed by atoms with Gasteiger partial charge in [-0.2, -0.15) is 10.5 Å². The molecule has 24 heavy (non-hydrogen) atoms. The van der Waals surface area contributed by atoms with Gasteiger partial charge in [0.2, 0.25) is 0 Å². The number of carboxylic acids is 1. The third-order valence-corrected chi connectivity index (χ3v) is 4.32. The molecule has 0 aliphatic carbocycles. The summed E-state index contributed by atoms with van der Waals surface area (Å²) >= 11 is 1.42. The van der Waals surface area contributed by atoms with Gasteiger partial charge in [0.05, 0.1) is 6.04 Å². The summed E-state index contributed by atoms with van der Waals surface area (Å²) in [5, 5.41) is 19.7. The molecule has 2 amide bonds. The van der Waals surface area contributed by atoms with Crippen LogP contribution in [0.4, 0.5) is 4.79 Å². The van der Waals surface area contributed by atoms with Gasteiger partial charge >= 0.3 is 18.0 Å². The average molecular weight is 350 g/mol. The van der Waals surface area contributed by atoms with Gasteiger partial charge in [-0.15, -0.1) is 11.3 Å². The maximum Gasteiger partial charge on any atom is 0.374 e. The third kappa shape index (κ3) is 4.31. The van der Waals surface area contributed by atoms with Crippen molar-refractivity contribution in [3.8, 4) is 0 Å². The zero-order chi connectivity index (χ0) is 17.7. The van der Waals surface area contributed by atoms with E-state index in [2.05, 4.69) is 4.84 Å². The average Bonchev–Trinajstić information content (AvgIpc) is 3.00. The Hall–Kier alpha value is -2.91. The van der Waals surface area contributed by atoms with Gasteiger partial charge in [-0.25, -0.2) is 14.4 Å². The highest BCUT2D eigenvalue weighted by molar-refractivity contribution is 7.19. The number of fused-ring (bicyclic) bond motifs is 1. The highest BCUT2D eigenvalue weighted by Crippen LogP contribution is 2.31. The van der Waals surface area contributed by atoms with Crippen molar-refractivity contribution in [3.05, 3.63) is 47.4 Å². The van der Waals surface area contributed by atoms with E-state index in [0.717, 1.165) is 15.0 Å². The Labute approximate surface area is 140 Å². The first-order valence-corrected chi connectivity index (χ1v) is 7.58. The van der Waals surface area contributed by atoms with E-state index < -0.39 is 24.0 Å². The summed E-state index contributed by atoms with van der Waals surface area (Å²) in [7, 11) is 0. The van der Waals surface area contributed by atoms with E-state index in [9.17, 15) is 19.6 Å². The van der Waals surface area contributed by atoms with Crippen LogP contribution < -0.4 is 5.48 Å².